The quantitative estimate of drug-likeness (QED) is 0.155. The molecule has 2 aromatic rings. The molecular formula is C25H33CrNO5Si. The number of nitrogens with zero attached hydrogens (tertiary/aromatic N) is 1. The standard InChI is InChI=1S/C22H33NO2Si.3CO.Cr/c1-16(2)26(17(3)4,18(5)6)23-15-14-20-19(10-8-12-21(20)23)11-9-13-22(24)25-7;3*1-2;/h8-10,12-18H,11H2,1-7H3;;;;/b13-9+;;;;. The summed E-state index contributed by atoms with van der Waals surface area (Å²) < 4.78 is 29.8. The normalized spacial score (nSPS) is 10.3. The Kier molecular flexibility index (Phi) is 19.8. The van der Waals surface area contributed by atoms with Crippen LogP contribution in [0.25, 0.3) is 10.9 Å². The van der Waals surface area contributed by atoms with Gasteiger partial charge in [0, 0.05) is 34.3 Å². The van der Waals surface area contributed by atoms with Gasteiger partial charge in [-0.3, -0.25) is 0 Å². The molecule has 0 aliphatic carbocycles. The first-order chi connectivity index (χ1) is 15.3. The molecule has 1 heterocycles. The van der Waals surface area contributed by atoms with Gasteiger partial charge in [0.2, 0.25) is 0 Å². The number of aromatic nitrogens is 1. The average molecular weight is 508 g/mol. The van der Waals surface area contributed by atoms with Gasteiger partial charge in [0.1, 0.15) is 0 Å². The van der Waals surface area contributed by atoms with E-state index in [1.807, 2.05) is 6.08 Å². The average Bonchev–Trinajstić information content (AvgIpc) is 3.22. The number of esters is 1. The zero-order valence-electron chi connectivity index (χ0n) is 20.4. The SMILES string of the molecule is COC(=O)/C=C/Cc1cccc2c1ccn2[Si](C(C)C)(C(C)C)C(C)C.[C-]#[O+].[C-]#[O+].[C-]#[O+].[Cr]. The number of carbonyl (C=O) groups excluding carboxylic acids is 1. The zero-order valence-corrected chi connectivity index (χ0v) is 22.7. The van der Waals surface area contributed by atoms with Gasteiger partial charge in [0.25, 0.3) is 0 Å². The summed E-state index contributed by atoms with van der Waals surface area (Å²) in [6, 6.07) is 8.79. The van der Waals surface area contributed by atoms with Gasteiger partial charge in [-0.15, -0.1) is 0 Å². The van der Waals surface area contributed by atoms with Crippen LogP contribution in [0.15, 0.2) is 42.6 Å². The topological polar surface area (TPSA) is 90.9 Å². The fourth-order valence-corrected chi connectivity index (χ4v) is 11.5. The van der Waals surface area contributed by atoms with Crippen molar-refractivity contribution in [3.8, 4) is 0 Å². The number of methoxy groups -OCH3 is 1. The Morgan fingerprint density at radius 1 is 0.970 bits per heavy atom. The first-order valence-electron chi connectivity index (χ1n) is 10.2. The summed E-state index contributed by atoms with van der Waals surface area (Å²) >= 11 is 0. The number of hydrogen-bond donors (Lipinski definition) is 0. The molecule has 2 rings (SSSR count). The van der Waals surface area contributed by atoms with Gasteiger partial charge < -0.3 is 8.97 Å². The first kappa shape index (κ1) is 35.5. The van der Waals surface area contributed by atoms with Gasteiger partial charge in [-0.05, 0) is 46.9 Å². The van der Waals surface area contributed by atoms with Crippen LogP contribution in [-0.4, -0.2) is 25.5 Å². The molecule has 0 aliphatic rings. The Hall–Kier alpha value is -2.06. The number of carbonyl (C=O) groups is 1. The second-order valence-corrected chi connectivity index (χ2v) is 13.7. The maximum Gasteiger partial charge on any atom is 0 e. The van der Waals surface area contributed by atoms with Crippen LogP contribution in [0.2, 0.25) is 16.6 Å². The number of rotatable bonds is 7. The van der Waals surface area contributed by atoms with E-state index in [0.717, 1.165) is 6.42 Å². The fourth-order valence-electron chi connectivity index (χ4n) is 4.93. The third kappa shape index (κ3) is 8.34. The van der Waals surface area contributed by atoms with Crippen molar-refractivity contribution in [3.05, 3.63) is 68.1 Å². The molecule has 0 unspecified atom stereocenters. The molecule has 0 spiro atoms. The van der Waals surface area contributed by atoms with E-state index in [-0.39, 0.29) is 23.3 Å². The van der Waals surface area contributed by atoms with Crippen molar-refractivity contribution >= 4 is 25.1 Å². The van der Waals surface area contributed by atoms with Crippen LogP contribution < -0.4 is 0 Å². The number of ether oxygens (including phenoxy) is 1. The van der Waals surface area contributed by atoms with Crippen LogP contribution in [-0.2, 0) is 47.3 Å². The van der Waals surface area contributed by atoms with Gasteiger partial charge in [0.15, 0.2) is 8.24 Å². The minimum Gasteiger partial charge on any atom is 0 e. The maximum absolute atomic E-state index is 11.3. The zero-order chi connectivity index (χ0) is 25.5. The van der Waals surface area contributed by atoms with E-state index in [4.69, 9.17) is 14.0 Å². The minimum absolute atomic E-state index is 0. The van der Waals surface area contributed by atoms with Crippen LogP contribution in [0, 0.1) is 20.0 Å². The predicted molar refractivity (Wildman–Crippen MR) is 125 cm³/mol. The Bertz CT molecular complexity index is 890. The summed E-state index contributed by atoms with van der Waals surface area (Å²) in [7, 11) is -0.365. The Morgan fingerprint density at radius 2 is 1.45 bits per heavy atom. The molecule has 0 aliphatic heterocycles. The Balaban J connectivity index is -0.00000119. The number of hydrogen-bond acceptors (Lipinski definition) is 2. The van der Waals surface area contributed by atoms with Crippen molar-refractivity contribution in [2.75, 3.05) is 7.11 Å². The summed E-state index contributed by atoms with van der Waals surface area (Å²) in [5.74, 6) is -0.305. The summed E-state index contributed by atoms with van der Waals surface area (Å²) in [5.41, 5.74) is 4.54. The van der Waals surface area contributed by atoms with Crippen molar-refractivity contribution in [2.24, 2.45) is 0 Å². The summed E-state index contributed by atoms with van der Waals surface area (Å²) in [5, 5.41) is 1.29. The van der Waals surface area contributed by atoms with Crippen LogP contribution in [0.3, 0.4) is 0 Å². The molecule has 1 aromatic carbocycles. The maximum atomic E-state index is 11.3. The molecule has 0 amide bonds. The van der Waals surface area contributed by atoms with Gasteiger partial charge in [-0.1, -0.05) is 59.8 Å². The van der Waals surface area contributed by atoms with E-state index < -0.39 is 8.24 Å². The largest absolute Gasteiger partial charge is 0 e. The molecule has 33 heavy (non-hydrogen) atoms. The van der Waals surface area contributed by atoms with E-state index in [1.165, 1.54) is 29.7 Å². The van der Waals surface area contributed by atoms with Crippen molar-refractivity contribution in [3.63, 3.8) is 0 Å². The van der Waals surface area contributed by atoms with Gasteiger partial charge >= 0.3 is 39.9 Å². The molecular weight excluding hydrogens is 474 g/mol. The van der Waals surface area contributed by atoms with Gasteiger partial charge in [-0.2, -0.15) is 0 Å². The van der Waals surface area contributed by atoms with E-state index in [0.29, 0.717) is 16.6 Å². The molecule has 178 valence electrons. The van der Waals surface area contributed by atoms with Crippen LogP contribution in [0.4, 0.5) is 0 Å². The monoisotopic (exact) mass is 507 g/mol. The summed E-state index contributed by atoms with van der Waals surface area (Å²) in [6.45, 7) is 27.8. The molecule has 1 aromatic heterocycles. The molecule has 0 radical (unpaired) electrons. The Labute approximate surface area is 209 Å². The van der Waals surface area contributed by atoms with E-state index in [1.54, 1.807) is 0 Å². The van der Waals surface area contributed by atoms with Crippen molar-refractivity contribution < 1.29 is 40.8 Å². The van der Waals surface area contributed by atoms with E-state index >= 15 is 0 Å². The van der Waals surface area contributed by atoms with Crippen molar-refractivity contribution in [1.29, 1.82) is 0 Å². The van der Waals surface area contributed by atoms with Crippen LogP contribution >= 0.6 is 0 Å². The second kappa shape index (κ2) is 18.4. The number of fused-ring (bicyclic) bond motifs is 1. The second-order valence-electron chi connectivity index (χ2n) is 8.02. The molecule has 0 fully saturated rings. The Morgan fingerprint density at radius 3 is 1.88 bits per heavy atom. The molecule has 0 bridgehead atoms. The molecule has 0 saturated heterocycles. The molecule has 0 atom stereocenters. The van der Waals surface area contributed by atoms with E-state index in [9.17, 15) is 4.79 Å². The fraction of sp³-hybridized carbons (Fsp3) is 0.440. The third-order valence-electron chi connectivity index (χ3n) is 5.81. The van der Waals surface area contributed by atoms with Crippen molar-refractivity contribution in [1.82, 2.24) is 4.23 Å². The summed E-state index contributed by atoms with van der Waals surface area (Å²) in [4.78, 5) is 11.3. The minimum atomic E-state index is -1.77. The molecule has 6 nitrogen and oxygen atoms in total. The smallest absolute Gasteiger partial charge is 0 e. The van der Waals surface area contributed by atoms with E-state index in [2.05, 4.69) is 101 Å². The summed E-state index contributed by atoms with van der Waals surface area (Å²) in [6.07, 6.45) is 6.43. The van der Waals surface area contributed by atoms with Crippen LogP contribution in [0.1, 0.15) is 47.1 Å². The van der Waals surface area contributed by atoms with Gasteiger partial charge in [0.05, 0.1) is 7.11 Å². The van der Waals surface area contributed by atoms with Crippen LogP contribution in [0.5, 0.6) is 0 Å². The molecule has 0 N–H and O–H groups in total. The van der Waals surface area contributed by atoms with Gasteiger partial charge in [-0.25, -0.2) is 4.79 Å². The van der Waals surface area contributed by atoms with Crippen molar-refractivity contribution in [2.45, 2.75) is 64.6 Å². The third-order valence-corrected chi connectivity index (χ3v) is 12.6. The first-order valence-corrected chi connectivity index (χ1v) is 12.4. The number of allylic oxidation sites excluding steroid dienone is 1. The predicted octanol–water partition coefficient (Wildman–Crippen LogP) is 5.82. The molecule has 0 saturated carbocycles. The number of benzene rings is 1. The molecule has 8 heteroatoms.